The van der Waals surface area contributed by atoms with Crippen LogP contribution < -0.4 is 10.6 Å². The number of nitrogens with zero attached hydrogens (tertiary/aromatic N) is 2. The Bertz CT molecular complexity index is 544. The Kier molecular flexibility index (Phi) is 3.56. The molecule has 0 bridgehead atoms. The number of amides is 1. The number of thiophene rings is 1. The zero-order chi connectivity index (χ0) is 13.1. The fourth-order valence-electron chi connectivity index (χ4n) is 2.16. The van der Waals surface area contributed by atoms with Gasteiger partial charge in [0.2, 0.25) is 0 Å². The first-order valence-electron chi connectivity index (χ1n) is 6.28. The molecule has 1 aliphatic rings. The van der Waals surface area contributed by atoms with Crippen molar-refractivity contribution >= 4 is 17.2 Å². The van der Waals surface area contributed by atoms with Crippen molar-refractivity contribution in [1.82, 2.24) is 25.8 Å². The molecule has 0 radical (unpaired) electrons. The molecule has 19 heavy (non-hydrogen) atoms. The number of hydrogen-bond donors (Lipinski definition) is 3. The van der Waals surface area contributed by atoms with Gasteiger partial charge in [-0.25, -0.2) is 4.98 Å². The monoisotopic (exact) mass is 277 g/mol. The topological polar surface area (TPSA) is 82.7 Å². The van der Waals surface area contributed by atoms with Crippen LogP contribution in [0.3, 0.4) is 0 Å². The zero-order valence-electron chi connectivity index (χ0n) is 10.3. The highest BCUT2D eigenvalue weighted by molar-refractivity contribution is 7.14. The second-order valence-electron chi connectivity index (χ2n) is 4.47. The Hall–Kier alpha value is -1.73. The highest BCUT2D eigenvalue weighted by atomic mass is 32.1. The van der Waals surface area contributed by atoms with Crippen molar-refractivity contribution < 1.29 is 4.79 Å². The summed E-state index contributed by atoms with van der Waals surface area (Å²) in [5.74, 6) is 0.591. The van der Waals surface area contributed by atoms with Gasteiger partial charge in [0.25, 0.3) is 5.91 Å². The Morgan fingerprint density at radius 3 is 3.21 bits per heavy atom. The largest absolute Gasteiger partial charge is 0.344 e. The third-order valence-electron chi connectivity index (χ3n) is 3.14. The van der Waals surface area contributed by atoms with E-state index in [-0.39, 0.29) is 5.91 Å². The number of aromatic amines is 1. The van der Waals surface area contributed by atoms with Gasteiger partial charge in [-0.2, -0.15) is 5.10 Å². The Morgan fingerprint density at radius 2 is 2.47 bits per heavy atom. The molecule has 0 aromatic carbocycles. The van der Waals surface area contributed by atoms with Gasteiger partial charge in [0.1, 0.15) is 12.2 Å². The summed E-state index contributed by atoms with van der Waals surface area (Å²) in [5.41, 5.74) is 0. The molecule has 2 aromatic heterocycles. The molecule has 0 spiro atoms. The van der Waals surface area contributed by atoms with E-state index in [4.69, 9.17) is 0 Å². The van der Waals surface area contributed by atoms with Gasteiger partial charge < -0.3 is 10.6 Å². The Balaban J connectivity index is 1.60. The summed E-state index contributed by atoms with van der Waals surface area (Å²) in [4.78, 5) is 17.9. The normalized spacial score (nSPS) is 18.6. The van der Waals surface area contributed by atoms with Crippen LogP contribution in [0.25, 0.3) is 0 Å². The zero-order valence-corrected chi connectivity index (χ0v) is 11.2. The van der Waals surface area contributed by atoms with Gasteiger partial charge in [0, 0.05) is 10.9 Å². The second kappa shape index (κ2) is 5.50. The summed E-state index contributed by atoms with van der Waals surface area (Å²) in [7, 11) is 0. The van der Waals surface area contributed by atoms with Gasteiger partial charge in [0.15, 0.2) is 0 Å². The molecule has 6 nitrogen and oxygen atoms in total. The minimum atomic E-state index is -0.0642. The fourth-order valence-corrected chi connectivity index (χ4v) is 3.19. The second-order valence-corrected chi connectivity index (χ2v) is 5.58. The SMILES string of the molecule is O=C(NCc1ncn[nH]1)c1ccc(C2CCCN2)s1. The number of carbonyl (C=O) groups excluding carboxylic acids is 1. The van der Waals surface area contributed by atoms with Crippen molar-refractivity contribution in [1.29, 1.82) is 0 Å². The maximum absolute atomic E-state index is 12.0. The average Bonchev–Trinajstić information content (AvgIpc) is 3.14. The molecule has 3 heterocycles. The third kappa shape index (κ3) is 2.82. The first-order valence-corrected chi connectivity index (χ1v) is 7.10. The molecule has 1 unspecified atom stereocenters. The predicted molar refractivity (Wildman–Crippen MR) is 71.8 cm³/mol. The number of nitrogens with one attached hydrogen (secondary N) is 3. The minimum Gasteiger partial charge on any atom is -0.344 e. The molecule has 1 aliphatic heterocycles. The van der Waals surface area contributed by atoms with Gasteiger partial charge in [-0.15, -0.1) is 11.3 Å². The minimum absolute atomic E-state index is 0.0642. The molecule has 3 rings (SSSR count). The molecule has 2 aromatic rings. The fraction of sp³-hybridized carbons (Fsp3) is 0.417. The van der Waals surface area contributed by atoms with Crippen LogP contribution in [0, 0.1) is 0 Å². The molecule has 1 amide bonds. The van der Waals surface area contributed by atoms with E-state index in [1.54, 1.807) is 11.3 Å². The quantitative estimate of drug-likeness (QED) is 0.784. The van der Waals surface area contributed by atoms with Crippen molar-refractivity contribution in [2.75, 3.05) is 6.54 Å². The summed E-state index contributed by atoms with van der Waals surface area (Å²) in [6, 6.07) is 4.34. The lowest BCUT2D eigenvalue weighted by Crippen LogP contribution is -2.22. The van der Waals surface area contributed by atoms with E-state index in [9.17, 15) is 4.79 Å². The molecule has 1 atom stereocenters. The van der Waals surface area contributed by atoms with Gasteiger partial charge in [-0.1, -0.05) is 0 Å². The summed E-state index contributed by atoms with van der Waals surface area (Å²) in [6.07, 6.45) is 3.78. The molecule has 0 aliphatic carbocycles. The Labute approximate surface area is 114 Å². The van der Waals surface area contributed by atoms with Crippen LogP contribution in [-0.2, 0) is 6.54 Å². The van der Waals surface area contributed by atoms with Crippen molar-refractivity contribution in [3.63, 3.8) is 0 Å². The van der Waals surface area contributed by atoms with E-state index in [2.05, 4.69) is 25.8 Å². The van der Waals surface area contributed by atoms with Crippen LogP contribution in [0.1, 0.15) is 39.3 Å². The van der Waals surface area contributed by atoms with Gasteiger partial charge >= 0.3 is 0 Å². The smallest absolute Gasteiger partial charge is 0.261 e. The van der Waals surface area contributed by atoms with E-state index < -0.39 is 0 Å². The van der Waals surface area contributed by atoms with Gasteiger partial charge in [-0.05, 0) is 31.5 Å². The van der Waals surface area contributed by atoms with E-state index in [1.807, 2.05) is 12.1 Å². The van der Waals surface area contributed by atoms with E-state index in [1.165, 1.54) is 17.6 Å². The standard InChI is InChI=1S/C12H15N5OS/c18-12(14-6-11-15-7-16-17-11)10-4-3-9(19-10)8-2-1-5-13-8/h3-4,7-8,13H,1-2,5-6H2,(H,14,18)(H,15,16,17). The summed E-state index contributed by atoms with van der Waals surface area (Å²) in [6.45, 7) is 1.43. The van der Waals surface area contributed by atoms with Gasteiger partial charge in [-0.3, -0.25) is 9.89 Å². The van der Waals surface area contributed by atoms with Crippen molar-refractivity contribution in [2.45, 2.75) is 25.4 Å². The third-order valence-corrected chi connectivity index (χ3v) is 4.33. The summed E-state index contributed by atoms with van der Waals surface area (Å²) < 4.78 is 0. The molecule has 7 heteroatoms. The van der Waals surface area contributed by atoms with E-state index in [0.717, 1.165) is 17.8 Å². The van der Waals surface area contributed by atoms with E-state index >= 15 is 0 Å². The van der Waals surface area contributed by atoms with Crippen molar-refractivity contribution in [3.8, 4) is 0 Å². The maximum Gasteiger partial charge on any atom is 0.261 e. The number of aromatic nitrogens is 3. The highest BCUT2D eigenvalue weighted by Gasteiger charge is 2.19. The van der Waals surface area contributed by atoms with Crippen molar-refractivity contribution in [3.05, 3.63) is 34.0 Å². The molecule has 0 saturated carbocycles. The summed E-state index contributed by atoms with van der Waals surface area (Å²) in [5, 5.41) is 12.7. The number of hydrogen-bond acceptors (Lipinski definition) is 5. The lowest BCUT2D eigenvalue weighted by atomic mass is 10.2. The van der Waals surface area contributed by atoms with E-state index in [0.29, 0.717) is 18.4 Å². The molecule has 3 N–H and O–H groups in total. The molecule has 100 valence electrons. The van der Waals surface area contributed by atoms with Crippen LogP contribution in [0.2, 0.25) is 0 Å². The number of carbonyl (C=O) groups is 1. The number of H-pyrrole nitrogens is 1. The molecular weight excluding hydrogens is 262 g/mol. The first-order chi connectivity index (χ1) is 9.33. The highest BCUT2D eigenvalue weighted by Crippen LogP contribution is 2.29. The lowest BCUT2D eigenvalue weighted by Gasteiger charge is -2.06. The van der Waals surface area contributed by atoms with Crippen LogP contribution in [-0.4, -0.2) is 27.6 Å². The molecule has 1 fully saturated rings. The first kappa shape index (κ1) is 12.3. The average molecular weight is 277 g/mol. The van der Waals surface area contributed by atoms with Crippen molar-refractivity contribution in [2.24, 2.45) is 0 Å². The van der Waals surface area contributed by atoms with Crippen LogP contribution in [0.5, 0.6) is 0 Å². The molecular formula is C12H15N5OS. The maximum atomic E-state index is 12.0. The lowest BCUT2D eigenvalue weighted by molar-refractivity contribution is 0.0954. The Morgan fingerprint density at radius 1 is 1.53 bits per heavy atom. The van der Waals surface area contributed by atoms with Crippen LogP contribution >= 0.6 is 11.3 Å². The predicted octanol–water partition coefficient (Wildman–Crippen LogP) is 1.22. The van der Waals surface area contributed by atoms with Gasteiger partial charge in [0.05, 0.1) is 11.4 Å². The molecule has 1 saturated heterocycles. The summed E-state index contributed by atoms with van der Waals surface area (Å²) >= 11 is 1.55. The number of rotatable bonds is 4. The van der Waals surface area contributed by atoms with Crippen LogP contribution in [0.15, 0.2) is 18.5 Å². The van der Waals surface area contributed by atoms with Crippen LogP contribution in [0.4, 0.5) is 0 Å².